The number of aliphatic hydroxyl groups is 1. The molecule has 0 radical (unpaired) electrons. The molecule has 66 valence electrons. The van der Waals surface area contributed by atoms with Crippen LogP contribution in [-0.4, -0.2) is 20.2 Å². The number of nitrogens with zero attached hydrogens (tertiary/aromatic N) is 2. The average Bonchev–Trinajstić information content (AvgIpc) is 2.83. The first-order valence-electron chi connectivity index (χ1n) is 4.10. The van der Waals surface area contributed by atoms with Gasteiger partial charge in [-0.15, -0.1) is 0 Å². The van der Waals surface area contributed by atoms with E-state index in [1.54, 1.807) is 0 Å². The summed E-state index contributed by atoms with van der Waals surface area (Å²) in [5.74, 6) is 0. The van der Waals surface area contributed by atoms with Crippen LogP contribution in [0, 0.1) is 0 Å². The second kappa shape index (κ2) is 3.18. The van der Waals surface area contributed by atoms with Crippen LogP contribution in [0.1, 0.15) is 30.7 Å². The van der Waals surface area contributed by atoms with Crippen molar-refractivity contribution in [3.05, 3.63) is 18.0 Å². The molecule has 4 heteroatoms. The number of halogens is 1. The smallest absolute Gasteiger partial charge is 0.107 e. The summed E-state index contributed by atoms with van der Waals surface area (Å²) in [5, 5.41) is 14.3. The summed E-state index contributed by atoms with van der Waals surface area (Å²) >= 11 is 3.21. The number of alkyl halides is 1. The fraction of sp³-hybridized carbons (Fsp3) is 0.625. The van der Waals surface area contributed by atoms with E-state index in [4.69, 9.17) is 0 Å². The molecule has 1 saturated carbocycles. The molecular weight excluding hydrogens is 220 g/mol. The van der Waals surface area contributed by atoms with Gasteiger partial charge in [-0.2, -0.15) is 5.10 Å². The maximum Gasteiger partial charge on any atom is 0.107 e. The van der Waals surface area contributed by atoms with Crippen LogP contribution in [-0.2, 0) is 0 Å². The van der Waals surface area contributed by atoms with Gasteiger partial charge in [0, 0.05) is 11.5 Å². The van der Waals surface area contributed by atoms with Crippen molar-refractivity contribution in [2.45, 2.75) is 25.0 Å². The first-order valence-corrected chi connectivity index (χ1v) is 5.22. The van der Waals surface area contributed by atoms with E-state index in [2.05, 4.69) is 21.0 Å². The molecule has 1 aromatic heterocycles. The molecule has 3 nitrogen and oxygen atoms in total. The third kappa shape index (κ3) is 1.54. The van der Waals surface area contributed by atoms with E-state index in [1.165, 1.54) is 12.8 Å². The summed E-state index contributed by atoms with van der Waals surface area (Å²) in [6.45, 7) is 0. The van der Waals surface area contributed by atoms with Crippen molar-refractivity contribution in [1.82, 2.24) is 9.78 Å². The van der Waals surface area contributed by atoms with Gasteiger partial charge < -0.3 is 5.11 Å². The number of rotatable bonds is 3. The van der Waals surface area contributed by atoms with Crippen LogP contribution in [0.5, 0.6) is 0 Å². The fourth-order valence-corrected chi connectivity index (χ4v) is 1.48. The van der Waals surface area contributed by atoms with Crippen molar-refractivity contribution in [3.8, 4) is 0 Å². The highest BCUT2D eigenvalue weighted by Gasteiger charge is 2.24. The highest BCUT2D eigenvalue weighted by Crippen LogP contribution is 2.34. The quantitative estimate of drug-likeness (QED) is 0.803. The summed E-state index contributed by atoms with van der Waals surface area (Å²) < 4.78 is 1.95. The molecule has 1 heterocycles. The molecule has 1 unspecified atom stereocenters. The Labute approximate surface area is 79.5 Å². The average molecular weight is 231 g/mol. The highest BCUT2D eigenvalue weighted by atomic mass is 79.9. The van der Waals surface area contributed by atoms with E-state index in [9.17, 15) is 5.11 Å². The summed E-state index contributed by atoms with van der Waals surface area (Å²) in [6, 6.07) is 2.48. The Morgan fingerprint density at radius 2 is 2.50 bits per heavy atom. The zero-order valence-electron chi connectivity index (χ0n) is 6.65. The number of hydrogen-bond acceptors (Lipinski definition) is 2. The van der Waals surface area contributed by atoms with Gasteiger partial charge in [0.1, 0.15) is 6.10 Å². The van der Waals surface area contributed by atoms with Gasteiger partial charge in [0.15, 0.2) is 0 Å². The van der Waals surface area contributed by atoms with E-state index < -0.39 is 6.10 Å². The third-order valence-electron chi connectivity index (χ3n) is 2.04. The zero-order chi connectivity index (χ0) is 8.55. The van der Waals surface area contributed by atoms with Gasteiger partial charge in [-0.3, -0.25) is 4.68 Å². The number of aromatic nitrogens is 2. The molecule has 0 spiro atoms. The van der Waals surface area contributed by atoms with Crippen LogP contribution in [0.2, 0.25) is 0 Å². The normalized spacial score (nSPS) is 19.5. The molecule has 0 aromatic carbocycles. The fourth-order valence-electron chi connectivity index (χ4n) is 1.15. The molecule has 0 saturated heterocycles. The molecule has 1 fully saturated rings. The molecule has 1 aliphatic rings. The lowest BCUT2D eigenvalue weighted by molar-refractivity contribution is 0.199. The predicted octanol–water partition coefficient (Wildman–Crippen LogP) is 1.65. The van der Waals surface area contributed by atoms with Crippen LogP contribution < -0.4 is 0 Å². The van der Waals surface area contributed by atoms with Gasteiger partial charge in [-0.1, -0.05) is 15.9 Å². The minimum atomic E-state index is -0.468. The van der Waals surface area contributed by atoms with Crippen molar-refractivity contribution in [1.29, 1.82) is 0 Å². The number of aliphatic hydroxyl groups excluding tert-OH is 1. The third-order valence-corrected chi connectivity index (χ3v) is 2.65. The zero-order valence-corrected chi connectivity index (χ0v) is 8.24. The van der Waals surface area contributed by atoms with Crippen LogP contribution in [0.3, 0.4) is 0 Å². The van der Waals surface area contributed by atoms with Gasteiger partial charge >= 0.3 is 0 Å². The van der Waals surface area contributed by atoms with Gasteiger partial charge in [0.05, 0.1) is 11.7 Å². The van der Waals surface area contributed by atoms with Crippen molar-refractivity contribution < 1.29 is 5.11 Å². The van der Waals surface area contributed by atoms with E-state index in [0.29, 0.717) is 11.4 Å². The molecule has 0 bridgehead atoms. The second-order valence-corrected chi connectivity index (χ2v) is 3.77. The van der Waals surface area contributed by atoms with Gasteiger partial charge in [-0.05, 0) is 18.9 Å². The monoisotopic (exact) mass is 230 g/mol. The molecule has 12 heavy (non-hydrogen) atoms. The van der Waals surface area contributed by atoms with Crippen LogP contribution in [0.25, 0.3) is 0 Å². The largest absolute Gasteiger partial charge is 0.386 e. The Bertz CT molecular complexity index is 270. The van der Waals surface area contributed by atoms with E-state index in [0.717, 1.165) is 5.69 Å². The van der Waals surface area contributed by atoms with E-state index in [-0.39, 0.29) is 0 Å². The Kier molecular flexibility index (Phi) is 2.19. The van der Waals surface area contributed by atoms with Crippen LogP contribution >= 0.6 is 15.9 Å². The molecule has 2 rings (SSSR count). The summed E-state index contributed by atoms with van der Waals surface area (Å²) in [4.78, 5) is 0. The lowest BCUT2D eigenvalue weighted by Gasteiger charge is -2.01. The van der Waals surface area contributed by atoms with Crippen molar-refractivity contribution >= 4 is 15.9 Å². The summed E-state index contributed by atoms with van der Waals surface area (Å²) in [7, 11) is 0. The second-order valence-electron chi connectivity index (χ2n) is 3.12. The molecular formula is C8H11BrN2O. The van der Waals surface area contributed by atoms with E-state index >= 15 is 0 Å². The Morgan fingerprint density at radius 1 is 1.75 bits per heavy atom. The Balaban J connectivity index is 2.12. The molecule has 0 aliphatic heterocycles. The predicted molar refractivity (Wildman–Crippen MR) is 49.3 cm³/mol. The standard InChI is InChI=1S/C8H11BrN2O/c9-5-8(12)7-3-4-11(10-7)6-1-2-6/h3-4,6,8,12H,1-2,5H2. The van der Waals surface area contributed by atoms with E-state index in [1.807, 2.05) is 16.9 Å². The first-order chi connectivity index (χ1) is 5.81. The van der Waals surface area contributed by atoms with Crippen molar-refractivity contribution in [2.24, 2.45) is 0 Å². The molecule has 1 atom stereocenters. The van der Waals surface area contributed by atoms with Gasteiger partial charge in [-0.25, -0.2) is 0 Å². The lowest BCUT2D eigenvalue weighted by Crippen LogP contribution is -2.01. The Morgan fingerprint density at radius 3 is 3.08 bits per heavy atom. The van der Waals surface area contributed by atoms with Gasteiger partial charge in [0.2, 0.25) is 0 Å². The highest BCUT2D eigenvalue weighted by molar-refractivity contribution is 9.09. The molecule has 1 aliphatic carbocycles. The molecule has 1 N–H and O–H groups in total. The first kappa shape index (κ1) is 8.26. The van der Waals surface area contributed by atoms with Crippen LogP contribution in [0.4, 0.5) is 0 Å². The minimum absolute atomic E-state index is 0.468. The Hall–Kier alpha value is -0.350. The summed E-state index contributed by atoms with van der Waals surface area (Å²) in [6.07, 6.45) is 3.93. The molecule has 1 aromatic rings. The van der Waals surface area contributed by atoms with Crippen molar-refractivity contribution in [3.63, 3.8) is 0 Å². The minimum Gasteiger partial charge on any atom is -0.386 e. The SMILES string of the molecule is OC(CBr)c1ccn(C2CC2)n1. The lowest BCUT2D eigenvalue weighted by atomic mass is 10.3. The molecule has 0 amide bonds. The number of hydrogen-bond donors (Lipinski definition) is 1. The topological polar surface area (TPSA) is 38.0 Å². The maximum atomic E-state index is 9.42. The maximum absolute atomic E-state index is 9.42. The van der Waals surface area contributed by atoms with Crippen molar-refractivity contribution in [2.75, 3.05) is 5.33 Å². The van der Waals surface area contributed by atoms with Gasteiger partial charge in [0.25, 0.3) is 0 Å². The summed E-state index contributed by atoms with van der Waals surface area (Å²) in [5.41, 5.74) is 0.763. The van der Waals surface area contributed by atoms with Crippen LogP contribution in [0.15, 0.2) is 12.3 Å².